The highest BCUT2D eigenvalue weighted by molar-refractivity contribution is 7.89. The maximum atomic E-state index is 12.8. The number of carbonyl (C=O) groups excluding carboxylic acids is 1. The molecule has 148 valence electrons. The van der Waals surface area contributed by atoms with Crippen LogP contribution in [-0.4, -0.2) is 44.8 Å². The molecule has 0 unspecified atom stereocenters. The number of sulfonamides is 1. The highest BCUT2D eigenvalue weighted by Gasteiger charge is 2.23. The molecule has 1 amide bonds. The second kappa shape index (κ2) is 10.5. The number of amides is 1. The van der Waals surface area contributed by atoms with Crippen molar-refractivity contribution in [2.45, 2.75) is 58.8 Å². The van der Waals surface area contributed by atoms with Crippen LogP contribution in [0.25, 0.3) is 0 Å². The van der Waals surface area contributed by atoms with E-state index in [1.807, 2.05) is 34.6 Å². The van der Waals surface area contributed by atoms with Crippen molar-refractivity contribution in [3.63, 3.8) is 0 Å². The molecule has 7 heteroatoms. The molecule has 0 spiro atoms. The number of rotatable bonds is 11. The van der Waals surface area contributed by atoms with E-state index in [2.05, 4.69) is 10.2 Å². The van der Waals surface area contributed by atoms with Crippen LogP contribution in [0.5, 0.6) is 0 Å². The van der Waals surface area contributed by atoms with Crippen LogP contribution in [0.2, 0.25) is 0 Å². The molecule has 1 aromatic carbocycles. The van der Waals surface area contributed by atoms with Crippen molar-refractivity contribution in [3.8, 4) is 0 Å². The van der Waals surface area contributed by atoms with E-state index in [-0.39, 0.29) is 10.8 Å². The van der Waals surface area contributed by atoms with Gasteiger partial charge in [0.15, 0.2) is 0 Å². The Balaban J connectivity index is 3.33. The molecule has 0 aliphatic heterocycles. The minimum Gasteiger partial charge on any atom is -0.370 e. The van der Waals surface area contributed by atoms with E-state index in [4.69, 9.17) is 0 Å². The first kappa shape index (κ1) is 22.4. The second-order valence-corrected chi connectivity index (χ2v) is 8.03. The molecule has 0 aromatic heterocycles. The van der Waals surface area contributed by atoms with E-state index >= 15 is 0 Å². The zero-order valence-electron chi connectivity index (χ0n) is 16.7. The van der Waals surface area contributed by atoms with Crippen molar-refractivity contribution in [1.29, 1.82) is 0 Å². The van der Waals surface area contributed by atoms with Gasteiger partial charge in [0.1, 0.15) is 0 Å². The Bertz CT molecular complexity index is 681. The summed E-state index contributed by atoms with van der Waals surface area (Å²) in [6.07, 6.45) is 2.18. The van der Waals surface area contributed by atoms with Gasteiger partial charge in [-0.25, -0.2) is 8.42 Å². The first-order valence-electron chi connectivity index (χ1n) is 9.54. The smallest absolute Gasteiger partial charge is 0.243 e. The van der Waals surface area contributed by atoms with E-state index < -0.39 is 10.0 Å². The predicted octanol–water partition coefficient (Wildman–Crippen LogP) is 3.69. The molecule has 0 saturated carbocycles. The molecule has 1 aromatic rings. The number of benzene rings is 1. The summed E-state index contributed by atoms with van der Waals surface area (Å²) in [4.78, 5) is 14.6. The van der Waals surface area contributed by atoms with Crippen LogP contribution in [0.4, 0.5) is 11.4 Å². The van der Waals surface area contributed by atoms with Crippen LogP contribution in [0.3, 0.4) is 0 Å². The summed E-state index contributed by atoms with van der Waals surface area (Å²) in [5.41, 5.74) is 1.40. The highest BCUT2D eigenvalue weighted by atomic mass is 32.2. The summed E-state index contributed by atoms with van der Waals surface area (Å²) in [5.74, 6) is -0.0855. The van der Waals surface area contributed by atoms with Gasteiger partial charge in [0.05, 0.1) is 16.3 Å². The van der Waals surface area contributed by atoms with Gasteiger partial charge in [-0.2, -0.15) is 4.31 Å². The van der Waals surface area contributed by atoms with Gasteiger partial charge in [-0.3, -0.25) is 4.79 Å². The van der Waals surface area contributed by atoms with Gasteiger partial charge >= 0.3 is 0 Å². The average Bonchev–Trinajstić information content (AvgIpc) is 2.62. The van der Waals surface area contributed by atoms with Crippen LogP contribution in [0.1, 0.15) is 53.9 Å². The summed E-state index contributed by atoms with van der Waals surface area (Å²) in [7, 11) is -3.57. The van der Waals surface area contributed by atoms with Crippen molar-refractivity contribution >= 4 is 27.3 Å². The lowest BCUT2D eigenvalue weighted by atomic mass is 10.2. The van der Waals surface area contributed by atoms with E-state index in [9.17, 15) is 13.2 Å². The lowest BCUT2D eigenvalue weighted by Crippen LogP contribution is -2.31. The first-order chi connectivity index (χ1) is 12.3. The lowest BCUT2D eigenvalue weighted by Gasteiger charge is -2.26. The van der Waals surface area contributed by atoms with Crippen LogP contribution in [0, 0.1) is 0 Å². The van der Waals surface area contributed by atoms with Crippen LogP contribution in [0.15, 0.2) is 23.1 Å². The minimum absolute atomic E-state index is 0.0855. The zero-order valence-corrected chi connectivity index (χ0v) is 17.5. The number of anilines is 2. The monoisotopic (exact) mass is 383 g/mol. The quantitative estimate of drug-likeness (QED) is 0.633. The molecule has 6 nitrogen and oxygen atoms in total. The molecular formula is C19H33N3O3S. The SMILES string of the molecule is CCCCC(=O)Nc1cc(S(=O)(=O)N(CC)CC)ccc1N(CC)CC. The van der Waals surface area contributed by atoms with Gasteiger partial charge < -0.3 is 10.2 Å². The zero-order chi connectivity index (χ0) is 19.7. The van der Waals surface area contributed by atoms with Gasteiger partial charge in [0.2, 0.25) is 15.9 Å². The third kappa shape index (κ3) is 5.45. The van der Waals surface area contributed by atoms with Crippen molar-refractivity contribution in [3.05, 3.63) is 18.2 Å². The second-order valence-electron chi connectivity index (χ2n) is 6.09. The van der Waals surface area contributed by atoms with Crippen molar-refractivity contribution in [2.24, 2.45) is 0 Å². The third-order valence-electron chi connectivity index (χ3n) is 4.45. The summed E-state index contributed by atoms with van der Waals surface area (Å²) in [5, 5.41) is 2.92. The number of hydrogen-bond donors (Lipinski definition) is 1. The third-order valence-corrected chi connectivity index (χ3v) is 6.49. The van der Waals surface area contributed by atoms with E-state index in [1.54, 1.807) is 18.2 Å². The van der Waals surface area contributed by atoms with E-state index in [0.717, 1.165) is 31.6 Å². The number of nitrogens with one attached hydrogen (secondary N) is 1. The number of hydrogen-bond acceptors (Lipinski definition) is 4. The predicted molar refractivity (Wildman–Crippen MR) is 108 cm³/mol. The molecule has 0 fully saturated rings. The van der Waals surface area contributed by atoms with E-state index in [1.165, 1.54) is 4.31 Å². The maximum absolute atomic E-state index is 12.8. The summed E-state index contributed by atoms with van der Waals surface area (Å²) < 4.78 is 27.1. The fourth-order valence-corrected chi connectivity index (χ4v) is 4.36. The molecular weight excluding hydrogens is 350 g/mol. The molecule has 0 heterocycles. The fourth-order valence-electron chi connectivity index (χ4n) is 2.88. The summed E-state index contributed by atoms with van der Waals surface area (Å²) in [6.45, 7) is 12.1. The average molecular weight is 384 g/mol. The Hall–Kier alpha value is -1.60. The standard InChI is InChI=1S/C19H33N3O3S/c1-6-11-12-19(23)20-17-15-16(26(24,25)22(9-4)10-5)13-14-18(17)21(7-2)8-3/h13-15H,6-12H2,1-5H3,(H,20,23). The molecule has 0 radical (unpaired) electrons. The Morgan fingerprint density at radius 3 is 2.12 bits per heavy atom. The normalized spacial score (nSPS) is 11.6. The Labute approximate surface area is 158 Å². The minimum atomic E-state index is -3.57. The van der Waals surface area contributed by atoms with Gasteiger partial charge in [-0.1, -0.05) is 27.2 Å². The highest BCUT2D eigenvalue weighted by Crippen LogP contribution is 2.30. The molecule has 26 heavy (non-hydrogen) atoms. The van der Waals surface area contributed by atoms with Gasteiger partial charge in [-0.05, 0) is 38.5 Å². The Morgan fingerprint density at radius 2 is 1.62 bits per heavy atom. The van der Waals surface area contributed by atoms with Crippen LogP contribution in [-0.2, 0) is 14.8 Å². The fraction of sp³-hybridized carbons (Fsp3) is 0.632. The van der Waals surface area contributed by atoms with Gasteiger partial charge in [0.25, 0.3) is 0 Å². The van der Waals surface area contributed by atoms with E-state index in [0.29, 0.717) is 25.2 Å². The summed E-state index contributed by atoms with van der Waals surface area (Å²) in [6, 6.07) is 5.01. The first-order valence-corrected chi connectivity index (χ1v) is 11.0. The Kier molecular flexibility index (Phi) is 9.08. The molecule has 0 bridgehead atoms. The molecule has 0 atom stereocenters. The summed E-state index contributed by atoms with van der Waals surface area (Å²) >= 11 is 0. The van der Waals surface area contributed by atoms with Crippen LogP contribution < -0.4 is 10.2 Å². The molecule has 0 saturated heterocycles. The molecule has 1 rings (SSSR count). The topological polar surface area (TPSA) is 69.7 Å². The molecule has 0 aliphatic carbocycles. The van der Waals surface area contributed by atoms with Crippen molar-refractivity contribution in [2.75, 3.05) is 36.4 Å². The number of unbranched alkanes of at least 4 members (excludes halogenated alkanes) is 1. The van der Waals surface area contributed by atoms with Crippen molar-refractivity contribution in [1.82, 2.24) is 4.31 Å². The number of carbonyl (C=O) groups is 1. The molecule has 0 aliphatic rings. The van der Waals surface area contributed by atoms with Gasteiger partial charge in [0, 0.05) is 32.6 Å². The maximum Gasteiger partial charge on any atom is 0.243 e. The number of nitrogens with zero attached hydrogens (tertiary/aromatic N) is 2. The Morgan fingerprint density at radius 1 is 1.00 bits per heavy atom. The van der Waals surface area contributed by atoms with Gasteiger partial charge in [-0.15, -0.1) is 0 Å². The molecule has 1 N–H and O–H groups in total. The largest absolute Gasteiger partial charge is 0.370 e. The van der Waals surface area contributed by atoms with Crippen molar-refractivity contribution < 1.29 is 13.2 Å². The van der Waals surface area contributed by atoms with Crippen LogP contribution >= 0.6 is 0 Å². The lowest BCUT2D eigenvalue weighted by molar-refractivity contribution is -0.116.